The molecule has 24 heavy (non-hydrogen) atoms. The molecule has 1 aromatic rings. The molecule has 8 nitrogen and oxygen atoms in total. The number of hydrogen-bond acceptors (Lipinski definition) is 6. The molecule has 0 bridgehead atoms. The Balaban J connectivity index is 1.89. The molecule has 0 saturated carbocycles. The van der Waals surface area contributed by atoms with Gasteiger partial charge in [-0.15, -0.1) is 0 Å². The molecule has 1 atom stereocenters. The van der Waals surface area contributed by atoms with Crippen LogP contribution in [0.15, 0.2) is 23.1 Å². The summed E-state index contributed by atoms with van der Waals surface area (Å²) in [5, 5.41) is 7.50. The lowest BCUT2D eigenvalue weighted by atomic mass is 10.2. The van der Waals surface area contributed by atoms with Crippen molar-refractivity contribution in [2.45, 2.75) is 23.8 Å². The second-order valence-corrected chi connectivity index (χ2v) is 7.14. The van der Waals surface area contributed by atoms with Gasteiger partial charge in [-0.2, -0.15) is 0 Å². The van der Waals surface area contributed by atoms with Crippen LogP contribution in [0.25, 0.3) is 0 Å². The van der Waals surface area contributed by atoms with Crippen LogP contribution in [0.3, 0.4) is 0 Å². The van der Waals surface area contributed by atoms with E-state index in [1.54, 1.807) is 0 Å². The first-order valence-corrected chi connectivity index (χ1v) is 9.07. The third kappa shape index (κ3) is 5.17. The molecular formula is C14H17ClN2O6S. The Hall–Kier alpha value is -1.68. The molecule has 10 heteroatoms. The summed E-state index contributed by atoms with van der Waals surface area (Å²) in [6.45, 7) is 0.546. The molecule has 1 saturated heterocycles. The molecule has 2 rings (SSSR count). The van der Waals surface area contributed by atoms with Gasteiger partial charge in [0.1, 0.15) is 4.90 Å². The highest BCUT2D eigenvalue weighted by Crippen LogP contribution is 2.21. The summed E-state index contributed by atoms with van der Waals surface area (Å²) in [7, 11) is -4.07. The molecule has 3 N–H and O–H groups in total. The van der Waals surface area contributed by atoms with E-state index in [-0.39, 0.29) is 21.6 Å². The maximum atomic E-state index is 11.9. The fourth-order valence-electron chi connectivity index (χ4n) is 2.15. The Kier molecular flexibility index (Phi) is 6.16. The number of rotatable bonds is 6. The van der Waals surface area contributed by atoms with Gasteiger partial charge in [-0.1, -0.05) is 11.6 Å². The van der Waals surface area contributed by atoms with E-state index in [2.05, 4.69) is 5.32 Å². The van der Waals surface area contributed by atoms with Gasteiger partial charge < -0.3 is 14.8 Å². The second-order valence-electron chi connectivity index (χ2n) is 5.21. The molecule has 1 amide bonds. The number of carbonyl (C=O) groups is 2. The van der Waals surface area contributed by atoms with Crippen molar-refractivity contribution in [1.29, 1.82) is 0 Å². The van der Waals surface area contributed by atoms with E-state index in [9.17, 15) is 18.0 Å². The van der Waals surface area contributed by atoms with Crippen molar-refractivity contribution in [2.24, 2.45) is 5.14 Å². The zero-order chi connectivity index (χ0) is 17.7. The average molecular weight is 377 g/mol. The Morgan fingerprint density at radius 2 is 2.17 bits per heavy atom. The van der Waals surface area contributed by atoms with Crippen LogP contribution in [-0.2, 0) is 24.3 Å². The van der Waals surface area contributed by atoms with Gasteiger partial charge in [0.15, 0.2) is 6.61 Å². The molecule has 1 heterocycles. The number of carbonyl (C=O) groups excluding carboxylic acids is 2. The van der Waals surface area contributed by atoms with Crippen molar-refractivity contribution in [2.75, 3.05) is 19.8 Å². The highest BCUT2D eigenvalue weighted by molar-refractivity contribution is 7.89. The standard InChI is InChI=1S/C14H17ClN2O6S/c15-11-4-3-9(6-12(11)24(16,20)21)14(19)23-8-13(18)17-7-10-2-1-5-22-10/h3-4,6,10H,1-2,5,7-8H2,(H,17,18)(H2,16,20,21)/t10-/m1/s1. The zero-order valence-electron chi connectivity index (χ0n) is 12.7. The number of nitrogens with one attached hydrogen (secondary N) is 1. The number of nitrogens with two attached hydrogens (primary N) is 1. The van der Waals surface area contributed by atoms with E-state index in [0.717, 1.165) is 18.9 Å². The zero-order valence-corrected chi connectivity index (χ0v) is 14.2. The minimum absolute atomic E-state index is 0.0155. The predicted octanol–water partition coefficient (Wildman–Crippen LogP) is 0.439. The smallest absolute Gasteiger partial charge is 0.338 e. The number of esters is 1. The van der Waals surface area contributed by atoms with Gasteiger partial charge >= 0.3 is 5.97 Å². The maximum Gasteiger partial charge on any atom is 0.338 e. The van der Waals surface area contributed by atoms with Crippen molar-refractivity contribution in [1.82, 2.24) is 5.32 Å². The summed E-state index contributed by atoms with van der Waals surface area (Å²) in [5.41, 5.74) is -0.0737. The highest BCUT2D eigenvalue weighted by atomic mass is 35.5. The SMILES string of the molecule is NS(=O)(=O)c1cc(C(=O)OCC(=O)NC[C@H]2CCCO2)ccc1Cl. The Morgan fingerprint density at radius 3 is 2.79 bits per heavy atom. The Labute approximate surface area is 144 Å². The average Bonchev–Trinajstić information content (AvgIpc) is 3.03. The minimum Gasteiger partial charge on any atom is -0.452 e. The van der Waals surface area contributed by atoms with Crippen LogP contribution in [0.2, 0.25) is 5.02 Å². The summed E-state index contributed by atoms with van der Waals surface area (Å²) in [6.07, 6.45) is 1.82. The molecule has 0 radical (unpaired) electrons. The molecule has 0 spiro atoms. The van der Waals surface area contributed by atoms with E-state index in [1.165, 1.54) is 12.1 Å². The summed E-state index contributed by atoms with van der Waals surface area (Å²) in [5.74, 6) is -1.33. The topological polar surface area (TPSA) is 125 Å². The number of hydrogen-bond donors (Lipinski definition) is 2. The minimum atomic E-state index is -4.07. The van der Waals surface area contributed by atoms with Crippen molar-refractivity contribution in [3.63, 3.8) is 0 Å². The summed E-state index contributed by atoms with van der Waals surface area (Å²) < 4.78 is 32.9. The molecule has 1 aliphatic rings. The van der Waals surface area contributed by atoms with Gasteiger partial charge in [0, 0.05) is 13.2 Å². The summed E-state index contributed by atoms with van der Waals surface area (Å²) in [6, 6.07) is 3.50. The summed E-state index contributed by atoms with van der Waals surface area (Å²) >= 11 is 5.73. The number of ether oxygens (including phenoxy) is 2. The normalized spacial score (nSPS) is 17.5. The van der Waals surface area contributed by atoms with Gasteiger partial charge in [-0.3, -0.25) is 4.79 Å². The third-order valence-corrected chi connectivity index (χ3v) is 4.75. The monoisotopic (exact) mass is 376 g/mol. The number of amides is 1. The van der Waals surface area contributed by atoms with E-state index >= 15 is 0 Å². The van der Waals surface area contributed by atoms with Gasteiger partial charge in [0.05, 0.1) is 16.7 Å². The molecular weight excluding hydrogens is 360 g/mol. The van der Waals surface area contributed by atoms with Crippen LogP contribution in [0, 0.1) is 0 Å². The highest BCUT2D eigenvalue weighted by Gasteiger charge is 2.19. The van der Waals surface area contributed by atoms with Crippen LogP contribution in [0.4, 0.5) is 0 Å². The van der Waals surface area contributed by atoms with Gasteiger partial charge in [0.2, 0.25) is 10.0 Å². The quantitative estimate of drug-likeness (QED) is 0.694. The van der Waals surface area contributed by atoms with Crippen LogP contribution in [0.1, 0.15) is 23.2 Å². The number of benzene rings is 1. The fraction of sp³-hybridized carbons (Fsp3) is 0.429. The molecule has 1 fully saturated rings. The first-order chi connectivity index (χ1) is 11.3. The lowest BCUT2D eigenvalue weighted by molar-refractivity contribution is -0.124. The van der Waals surface area contributed by atoms with Gasteiger partial charge in [0.25, 0.3) is 5.91 Å². The van der Waals surface area contributed by atoms with E-state index in [1.807, 2.05) is 0 Å². The Bertz CT molecular complexity index is 731. The fourth-order valence-corrected chi connectivity index (χ4v) is 3.22. The predicted molar refractivity (Wildman–Crippen MR) is 85.1 cm³/mol. The molecule has 132 valence electrons. The van der Waals surface area contributed by atoms with Crippen LogP contribution >= 0.6 is 11.6 Å². The molecule has 1 aliphatic heterocycles. The van der Waals surface area contributed by atoms with E-state index in [0.29, 0.717) is 13.2 Å². The largest absolute Gasteiger partial charge is 0.452 e. The molecule has 0 aromatic heterocycles. The third-order valence-electron chi connectivity index (χ3n) is 3.36. The van der Waals surface area contributed by atoms with Crippen molar-refractivity contribution < 1.29 is 27.5 Å². The number of primary sulfonamides is 1. The second kappa shape index (κ2) is 7.93. The lowest BCUT2D eigenvalue weighted by Crippen LogP contribution is -2.34. The summed E-state index contributed by atoms with van der Waals surface area (Å²) in [4.78, 5) is 23.1. The molecule has 0 unspecified atom stereocenters. The van der Waals surface area contributed by atoms with Gasteiger partial charge in [-0.05, 0) is 31.0 Å². The first kappa shape index (κ1) is 18.7. The molecule has 0 aliphatic carbocycles. The van der Waals surface area contributed by atoms with Crippen LogP contribution in [-0.4, -0.2) is 46.2 Å². The number of sulfonamides is 1. The van der Waals surface area contributed by atoms with Crippen molar-refractivity contribution in [3.05, 3.63) is 28.8 Å². The van der Waals surface area contributed by atoms with Crippen LogP contribution < -0.4 is 10.5 Å². The van der Waals surface area contributed by atoms with Gasteiger partial charge in [-0.25, -0.2) is 18.4 Å². The Morgan fingerprint density at radius 1 is 1.42 bits per heavy atom. The lowest BCUT2D eigenvalue weighted by Gasteiger charge is -2.11. The van der Waals surface area contributed by atoms with E-state index in [4.69, 9.17) is 26.2 Å². The van der Waals surface area contributed by atoms with Crippen molar-refractivity contribution >= 4 is 33.5 Å². The molecule has 1 aromatic carbocycles. The van der Waals surface area contributed by atoms with Crippen LogP contribution in [0.5, 0.6) is 0 Å². The van der Waals surface area contributed by atoms with Crippen molar-refractivity contribution in [3.8, 4) is 0 Å². The number of halogens is 1. The first-order valence-electron chi connectivity index (χ1n) is 7.15. The maximum absolute atomic E-state index is 11.9. The van der Waals surface area contributed by atoms with E-state index < -0.39 is 28.5 Å².